The van der Waals surface area contributed by atoms with Crippen LogP contribution in [-0.4, -0.2) is 22.1 Å². The highest BCUT2D eigenvalue weighted by Crippen LogP contribution is 2.27. The third kappa shape index (κ3) is 3.78. The first-order chi connectivity index (χ1) is 14.6. The fraction of sp³-hybridized carbons (Fsp3) is 0.125. The normalized spacial score (nSPS) is 10.7. The highest BCUT2D eigenvalue weighted by atomic mass is 19.1. The summed E-state index contributed by atoms with van der Waals surface area (Å²) >= 11 is 0. The molecule has 4 aromatic rings. The lowest BCUT2D eigenvalue weighted by Gasteiger charge is -2.11. The molecule has 0 spiro atoms. The number of halogens is 1. The Balaban J connectivity index is 1.88. The average Bonchev–Trinajstić information content (AvgIpc) is 3.10. The molecule has 4 rings (SSSR count). The lowest BCUT2D eigenvalue weighted by molar-refractivity contribution is 0.0526. The van der Waals surface area contributed by atoms with E-state index in [1.54, 1.807) is 43.3 Å². The minimum Gasteiger partial charge on any atom is -0.462 e. The van der Waals surface area contributed by atoms with Crippen LogP contribution < -0.4 is 0 Å². The number of carbonyl (C=O) groups excluding carboxylic acids is 1. The van der Waals surface area contributed by atoms with Gasteiger partial charge in [0.15, 0.2) is 5.69 Å². The summed E-state index contributed by atoms with van der Waals surface area (Å²) in [6.45, 7) is 9.31. The number of ether oxygens (including phenoxy) is 1. The summed E-state index contributed by atoms with van der Waals surface area (Å²) < 4.78 is 20.7. The number of carbonyl (C=O) groups is 1. The van der Waals surface area contributed by atoms with E-state index in [1.165, 1.54) is 12.1 Å². The van der Waals surface area contributed by atoms with Crippen molar-refractivity contribution in [2.45, 2.75) is 13.3 Å². The van der Waals surface area contributed by atoms with Gasteiger partial charge in [0.25, 0.3) is 0 Å². The number of aromatic nitrogens is 2. The van der Waals surface area contributed by atoms with Crippen LogP contribution in [0.3, 0.4) is 0 Å². The number of nitrogens with zero attached hydrogens (tertiary/aromatic N) is 3. The van der Waals surface area contributed by atoms with Crippen LogP contribution >= 0.6 is 0 Å². The Labute approximate surface area is 173 Å². The Morgan fingerprint density at radius 3 is 2.73 bits per heavy atom. The maximum Gasteiger partial charge on any atom is 0.338 e. The molecule has 0 atom stereocenters. The molecule has 0 aliphatic carbocycles. The summed E-state index contributed by atoms with van der Waals surface area (Å²) in [4.78, 5) is 20.4. The molecule has 0 N–H and O–H groups in total. The Morgan fingerprint density at radius 2 is 1.97 bits per heavy atom. The Kier molecular flexibility index (Phi) is 5.27. The predicted octanol–water partition coefficient (Wildman–Crippen LogP) is 5.48. The van der Waals surface area contributed by atoms with E-state index in [9.17, 15) is 9.18 Å². The van der Waals surface area contributed by atoms with E-state index in [1.807, 2.05) is 22.8 Å². The van der Waals surface area contributed by atoms with E-state index >= 15 is 0 Å². The molecule has 6 heteroatoms. The number of benzene rings is 3. The predicted molar refractivity (Wildman–Crippen MR) is 112 cm³/mol. The smallest absolute Gasteiger partial charge is 0.338 e. The van der Waals surface area contributed by atoms with Gasteiger partial charge in [0, 0.05) is 12.1 Å². The molecule has 0 saturated carbocycles. The second-order valence-electron chi connectivity index (χ2n) is 6.73. The first kappa shape index (κ1) is 19.3. The van der Waals surface area contributed by atoms with Gasteiger partial charge in [-0.1, -0.05) is 24.3 Å². The number of imidazole rings is 1. The molecule has 30 heavy (non-hydrogen) atoms. The molecule has 1 heterocycles. The van der Waals surface area contributed by atoms with Crippen LogP contribution in [0.25, 0.3) is 21.6 Å². The number of fused-ring (bicyclic) bond motifs is 1. The van der Waals surface area contributed by atoms with Crippen LogP contribution in [-0.2, 0) is 11.2 Å². The van der Waals surface area contributed by atoms with E-state index in [4.69, 9.17) is 16.3 Å². The van der Waals surface area contributed by atoms with Gasteiger partial charge < -0.3 is 4.74 Å². The zero-order chi connectivity index (χ0) is 21.1. The summed E-state index contributed by atoms with van der Waals surface area (Å²) in [5.41, 5.74) is 3.91. The van der Waals surface area contributed by atoms with Crippen molar-refractivity contribution in [1.29, 1.82) is 0 Å². The van der Waals surface area contributed by atoms with Crippen molar-refractivity contribution in [3.63, 3.8) is 0 Å². The van der Waals surface area contributed by atoms with Crippen LogP contribution in [0.2, 0.25) is 0 Å². The molecule has 0 amide bonds. The van der Waals surface area contributed by atoms with Gasteiger partial charge in [-0.05, 0) is 55.0 Å². The van der Waals surface area contributed by atoms with E-state index < -0.39 is 5.97 Å². The second-order valence-corrected chi connectivity index (χ2v) is 6.73. The van der Waals surface area contributed by atoms with Gasteiger partial charge >= 0.3 is 5.97 Å². The molecule has 0 fully saturated rings. The van der Waals surface area contributed by atoms with Gasteiger partial charge in [0.2, 0.25) is 0 Å². The number of hydrogen-bond acceptors (Lipinski definition) is 3. The van der Waals surface area contributed by atoms with Crippen LogP contribution in [0.5, 0.6) is 0 Å². The van der Waals surface area contributed by atoms with Gasteiger partial charge in [-0.2, -0.15) is 0 Å². The quantitative estimate of drug-likeness (QED) is 0.330. The first-order valence-electron chi connectivity index (χ1n) is 9.50. The van der Waals surface area contributed by atoms with E-state index in [0.29, 0.717) is 35.6 Å². The molecule has 0 radical (unpaired) electrons. The summed E-state index contributed by atoms with van der Waals surface area (Å²) in [5.74, 6) is -0.0285. The molecule has 0 bridgehead atoms. The summed E-state index contributed by atoms with van der Waals surface area (Å²) in [6, 6.07) is 18.8. The third-order valence-corrected chi connectivity index (χ3v) is 4.70. The van der Waals surface area contributed by atoms with Gasteiger partial charge in [-0.3, -0.25) is 4.57 Å². The van der Waals surface area contributed by atoms with Crippen molar-refractivity contribution in [3.05, 3.63) is 101 Å². The minimum absolute atomic E-state index is 0.293. The molecule has 0 saturated heterocycles. The van der Waals surface area contributed by atoms with E-state index in [2.05, 4.69) is 4.85 Å². The molecule has 148 valence electrons. The zero-order valence-corrected chi connectivity index (χ0v) is 16.3. The molecular formula is C24H18FN3O2. The molecule has 3 aromatic carbocycles. The van der Waals surface area contributed by atoms with E-state index in [-0.39, 0.29) is 5.82 Å². The average molecular weight is 399 g/mol. The third-order valence-electron chi connectivity index (χ3n) is 4.70. The maximum atomic E-state index is 13.7. The van der Waals surface area contributed by atoms with Crippen molar-refractivity contribution >= 4 is 22.7 Å². The Hall–Kier alpha value is -3.98. The second kappa shape index (κ2) is 8.18. The van der Waals surface area contributed by atoms with Crippen LogP contribution in [0.15, 0.2) is 66.7 Å². The summed E-state index contributed by atoms with van der Waals surface area (Å²) in [6.07, 6.45) is 0.392. The Bertz CT molecular complexity index is 1290. The Morgan fingerprint density at radius 1 is 1.13 bits per heavy atom. The van der Waals surface area contributed by atoms with Crippen molar-refractivity contribution in [2.75, 3.05) is 6.61 Å². The number of rotatable bonds is 5. The molecule has 0 aliphatic rings. The monoisotopic (exact) mass is 399 g/mol. The van der Waals surface area contributed by atoms with Crippen LogP contribution in [0.1, 0.15) is 28.7 Å². The largest absolute Gasteiger partial charge is 0.462 e. The van der Waals surface area contributed by atoms with E-state index in [0.717, 1.165) is 16.8 Å². The fourth-order valence-electron chi connectivity index (χ4n) is 3.41. The maximum absolute atomic E-state index is 13.7. The van der Waals surface area contributed by atoms with Crippen molar-refractivity contribution in [3.8, 4) is 5.69 Å². The summed E-state index contributed by atoms with van der Waals surface area (Å²) in [5, 5.41) is 0. The zero-order valence-electron chi connectivity index (χ0n) is 16.3. The minimum atomic E-state index is -0.397. The lowest BCUT2D eigenvalue weighted by atomic mass is 10.1. The lowest BCUT2D eigenvalue weighted by Crippen LogP contribution is -2.07. The first-order valence-corrected chi connectivity index (χ1v) is 9.50. The summed E-state index contributed by atoms with van der Waals surface area (Å²) in [7, 11) is 0. The molecule has 1 aromatic heterocycles. The van der Waals surface area contributed by atoms with Gasteiger partial charge in [-0.25, -0.2) is 19.0 Å². The number of hydrogen-bond donors (Lipinski definition) is 0. The van der Waals surface area contributed by atoms with Crippen LogP contribution in [0.4, 0.5) is 10.1 Å². The van der Waals surface area contributed by atoms with Gasteiger partial charge in [0.05, 0.1) is 29.8 Å². The molecular weight excluding hydrogens is 381 g/mol. The topological polar surface area (TPSA) is 48.5 Å². The fourth-order valence-corrected chi connectivity index (χ4v) is 3.41. The SMILES string of the molecule is [C-]#[N+]c1ccc2c(c1)nc(Cc1cccc(F)c1)n2-c1cccc(C(=O)OCC)c1. The van der Waals surface area contributed by atoms with Gasteiger partial charge in [-0.15, -0.1) is 0 Å². The molecule has 0 unspecified atom stereocenters. The van der Waals surface area contributed by atoms with Crippen molar-refractivity contribution in [2.24, 2.45) is 0 Å². The van der Waals surface area contributed by atoms with Crippen molar-refractivity contribution in [1.82, 2.24) is 9.55 Å². The highest BCUT2D eigenvalue weighted by molar-refractivity contribution is 5.90. The standard InChI is InChI=1S/C24H18FN3O2/c1-3-30-24(29)17-7-5-9-20(14-17)28-22-11-10-19(26-2)15-21(22)27-23(28)13-16-6-4-8-18(25)12-16/h4-12,14-15H,3,13H2,1H3. The molecule has 0 aliphatic heterocycles. The molecule has 5 nitrogen and oxygen atoms in total. The van der Waals surface area contributed by atoms with Gasteiger partial charge in [0.1, 0.15) is 11.6 Å². The highest BCUT2D eigenvalue weighted by Gasteiger charge is 2.16. The van der Waals surface area contributed by atoms with Crippen molar-refractivity contribution < 1.29 is 13.9 Å². The van der Waals surface area contributed by atoms with Crippen LogP contribution in [0, 0.1) is 12.4 Å². The number of esters is 1.